The molecule has 0 atom stereocenters. The molecule has 0 unspecified atom stereocenters. The molecule has 1 amide bonds. The Morgan fingerprint density at radius 3 is 2.75 bits per heavy atom. The van der Waals surface area contributed by atoms with Crippen molar-refractivity contribution in [2.45, 2.75) is 30.7 Å². The van der Waals surface area contributed by atoms with Crippen molar-refractivity contribution in [1.82, 2.24) is 9.71 Å². The number of anilines is 1. The number of nitrogens with one attached hydrogen (secondary N) is 2. The molecular formula is C24H21N3O4S. The van der Waals surface area contributed by atoms with Crippen LogP contribution in [0.1, 0.15) is 33.8 Å². The number of pyridine rings is 1. The summed E-state index contributed by atoms with van der Waals surface area (Å²) in [7, 11) is -3.77. The first-order valence-corrected chi connectivity index (χ1v) is 11.8. The van der Waals surface area contributed by atoms with E-state index in [0.717, 1.165) is 41.4 Å². The lowest BCUT2D eigenvalue weighted by Gasteiger charge is -2.13. The highest BCUT2D eigenvalue weighted by Crippen LogP contribution is 2.30. The van der Waals surface area contributed by atoms with E-state index in [1.165, 1.54) is 18.4 Å². The highest BCUT2D eigenvalue weighted by molar-refractivity contribution is 7.89. The number of hydrogen-bond acceptors (Lipinski definition) is 5. The van der Waals surface area contributed by atoms with E-state index in [9.17, 15) is 13.2 Å². The first-order valence-electron chi connectivity index (χ1n) is 10.4. The maximum absolute atomic E-state index is 13.3. The van der Waals surface area contributed by atoms with Gasteiger partial charge in [-0.15, -0.1) is 0 Å². The number of hydrogen-bond donors (Lipinski definition) is 2. The van der Waals surface area contributed by atoms with E-state index in [-0.39, 0.29) is 17.3 Å². The topological polar surface area (TPSA) is 101 Å². The first kappa shape index (κ1) is 20.4. The van der Waals surface area contributed by atoms with E-state index in [0.29, 0.717) is 17.0 Å². The summed E-state index contributed by atoms with van der Waals surface area (Å²) in [6.45, 7) is 0.0427. The number of aromatic nitrogens is 1. The number of carbonyl (C=O) groups is 1. The van der Waals surface area contributed by atoms with Crippen LogP contribution in [0.2, 0.25) is 0 Å². The van der Waals surface area contributed by atoms with Crippen molar-refractivity contribution in [3.8, 4) is 0 Å². The molecule has 1 aliphatic rings. The van der Waals surface area contributed by atoms with E-state index < -0.39 is 10.0 Å². The lowest BCUT2D eigenvalue weighted by molar-refractivity contribution is 0.102. The van der Waals surface area contributed by atoms with Crippen LogP contribution in [0.15, 0.2) is 76.2 Å². The third kappa shape index (κ3) is 3.90. The Labute approximate surface area is 185 Å². The van der Waals surface area contributed by atoms with Gasteiger partial charge in [0.25, 0.3) is 5.91 Å². The van der Waals surface area contributed by atoms with Crippen LogP contribution in [0.5, 0.6) is 0 Å². The standard InChI is InChI=1S/C24H21N3O4S/c28-24(23-19-9-1-2-11-21(19)27-22-12-4-10-20(22)23)26-16-6-3-8-18(14-16)32(29,30)25-15-17-7-5-13-31-17/h1-3,5-9,11,13-14,25H,4,10,12,15H2,(H,26,28). The maximum Gasteiger partial charge on any atom is 0.256 e. The molecule has 4 aromatic rings. The molecule has 8 heteroatoms. The van der Waals surface area contributed by atoms with Crippen molar-refractivity contribution in [3.63, 3.8) is 0 Å². The molecule has 0 aliphatic heterocycles. The fourth-order valence-electron chi connectivity index (χ4n) is 4.07. The van der Waals surface area contributed by atoms with Crippen LogP contribution < -0.4 is 10.0 Å². The average Bonchev–Trinajstić information content (AvgIpc) is 3.48. The Morgan fingerprint density at radius 1 is 1.03 bits per heavy atom. The molecular weight excluding hydrogens is 426 g/mol. The molecule has 0 spiro atoms. The number of fused-ring (bicyclic) bond motifs is 2. The molecule has 0 bridgehead atoms. The van der Waals surface area contributed by atoms with Gasteiger partial charge >= 0.3 is 0 Å². The molecule has 5 rings (SSSR count). The normalized spacial score (nSPS) is 13.2. The average molecular weight is 448 g/mol. The van der Waals surface area contributed by atoms with Crippen LogP contribution in [0.4, 0.5) is 5.69 Å². The number of rotatable bonds is 6. The summed E-state index contributed by atoms with van der Waals surface area (Å²) < 4.78 is 33.1. The number of nitrogens with zero attached hydrogens (tertiary/aromatic N) is 1. The van der Waals surface area contributed by atoms with Crippen molar-refractivity contribution >= 4 is 32.5 Å². The SMILES string of the molecule is O=C(Nc1cccc(S(=O)(=O)NCc2ccco2)c1)c1c2c(nc3ccccc13)CCC2. The molecule has 7 nitrogen and oxygen atoms in total. The molecule has 2 aromatic heterocycles. The Morgan fingerprint density at radius 2 is 1.91 bits per heavy atom. The van der Waals surface area contributed by atoms with E-state index in [1.807, 2.05) is 24.3 Å². The molecule has 0 fully saturated rings. The second-order valence-electron chi connectivity index (χ2n) is 7.67. The minimum absolute atomic E-state index is 0.0427. The van der Waals surface area contributed by atoms with Gasteiger partial charge in [0, 0.05) is 16.8 Å². The maximum atomic E-state index is 13.3. The Bertz CT molecular complexity index is 1410. The molecule has 0 saturated heterocycles. The van der Waals surface area contributed by atoms with Gasteiger partial charge < -0.3 is 9.73 Å². The van der Waals surface area contributed by atoms with Gasteiger partial charge in [-0.25, -0.2) is 13.1 Å². The van der Waals surface area contributed by atoms with E-state index in [2.05, 4.69) is 10.0 Å². The quantitative estimate of drug-likeness (QED) is 0.464. The summed E-state index contributed by atoms with van der Waals surface area (Å²) in [5.74, 6) is 0.247. The van der Waals surface area contributed by atoms with Crippen molar-refractivity contribution in [1.29, 1.82) is 0 Å². The van der Waals surface area contributed by atoms with Crippen LogP contribution in [0.3, 0.4) is 0 Å². The number of carbonyl (C=O) groups excluding carboxylic acids is 1. The van der Waals surface area contributed by atoms with Gasteiger partial charge in [-0.1, -0.05) is 24.3 Å². The molecule has 0 radical (unpaired) electrons. The molecule has 0 saturated carbocycles. The van der Waals surface area contributed by atoms with Gasteiger partial charge in [0.15, 0.2) is 0 Å². The van der Waals surface area contributed by atoms with Gasteiger partial charge in [0.1, 0.15) is 5.76 Å². The molecule has 2 heterocycles. The summed E-state index contributed by atoms with van der Waals surface area (Å²) in [6.07, 6.45) is 4.11. The summed E-state index contributed by atoms with van der Waals surface area (Å²) in [5, 5.41) is 3.69. The van der Waals surface area contributed by atoms with Crippen molar-refractivity contribution < 1.29 is 17.6 Å². The van der Waals surface area contributed by atoms with Crippen LogP contribution >= 0.6 is 0 Å². The highest BCUT2D eigenvalue weighted by Gasteiger charge is 2.24. The van der Waals surface area contributed by atoms with Gasteiger partial charge in [0.2, 0.25) is 10.0 Å². The zero-order valence-corrected chi connectivity index (χ0v) is 18.0. The third-order valence-corrected chi connectivity index (χ3v) is 6.96. The third-order valence-electron chi connectivity index (χ3n) is 5.57. The monoisotopic (exact) mass is 447 g/mol. The largest absolute Gasteiger partial charge is 0.468 e. The Balaban J connectivity index is 1.43. The minimum Gasteiger partial charge on any atom is -0.468 e. The predicted molar refractivity (Wildman–Crippen MR) is 121 cm³/mol. The zero-order chi connectivity index (χ0) is 22.1. The Hall–Kier alpha value is -3.49. The van der Waals surface area contributed by atoms with Crippen molar-refractivity contribution in [2.75, 3.05) is 5.32 Å². The van der Waals surface area contributed by atoms with Crippen molar-refractivity contribution in [2.24, 2.45) is 0 Å². The molecule has 2 N–H and O–H groups in total. The summed E-state index contributed by atoms with van der Waals surface area (Å²) >= 11 is 0. The summed E-state index contributed by atoms with van der Waals surface area (Å²) in [4.78, 5) is 18.1. The summed E-state index contributed by atoms with van der Waals surface area (Å²) in [6, 6.07) is 17.2. The van der Waals surface area contributed by atoms with E-state index >= 15 is 0 Å². The van der Waals surface area contributed by atoms with Crippen molar-refractivity contribution in [3.05, 3.63) is 89.5 Å². The number of para-hydroxylation sites is 1. The number of benzene rings is 2. The lowest BCUT2D eigenvalue weighted by atomic mass is 10.0. The molecule has 2 aromatic carbocycles. The van der Waals surface area contributed by atoms with Crippen LogP contribution in [0.25, 0.3) is 10.9 Å². The van der Waals surface area contributed by atoms with Crippen LogP contribution in [0, 0.1) is 0 Å². The minimum atomic E-state index is -3.77. The Kier molecular flexibility index (Phi) is 5.24. The predicted octanol–water partition coefficient (Wildman–Crippen LogP) is 4.05. The molecule has 32 heavy (non-hydrogen) atoms. The van der Waals surface area contributed by atoms with E-state index in [1.54, 1.807) is 24.3 Å². The highest BCUT2D eigenvalue weighted by atomic mass is 32.2. The van der Waals surface area contributed by atoms with Crippen LogP contribution in [-0.2, 0) is 29.4 Å². The second-order valence-corrected chi connectivity index (χ2v) is 9.44. The molecule has 162 valence electrons. The smallest absolute Gasteiger partial charge is 0.256 e. The lowest BCUT2D eigenvalue weighted by Crippen LogP contribution is -2.23. The van der Waals surface area contributed by atoms with Crippen LogP contribution in [-0.4, -0.2) is 19.3 Å². The number of aryl methyl sites for hydroxylation is 1. The van der Waals surface area contributed by atoms with Gasteiger partial charge in [-0.2, -0.15) is 0 Å². The van der Waals surface area contributed by atoms with E-state index in [4.69, 9.17) is 9.40 Å². The van der Waals surface area contributed by atoms with Gasteiger partial charge in [-0.3, -0.25) is 9.78 Å². The first-order chi connectivity index (χ1) is 15.5. The second kappa shape index (κ2) is 8.22. The molecule has 1 aliphatic carbocycles. The number of sulfonamides is 1. The number of amides is 1. The fourth-order valence-corrected chi connectivity index (χ4v) is 5.11. The number of furan rings is 1. The zero-order valence-electron chi connectivity index (χ0n) is 17.2. The van der Waals surface area contributed by atoms with Gasteiger partial charge in [0.05, 0.1) is 28.8 Å². The fraction of sp³-hybridized carbons (Fsp3) is 0.167. The van der Waals surface area contributed by atoms with Gasteiger partial charge in [-0.05, 0) is 61.2 Å². The summed E-state index contributed by atoms with van der Waals surface area (Å²) in [5.41, 5.74) is 3.75.